The van der Waals surface area contributed by atoms with Gasteiger partial charge in [0.1, 0.15) is 11.9 Å². The number of nitrogens with zero attached hydrogens (tertiary/aromatic N) is 1. The van der Waals surface area contributed by atoms with E-state index in [2.05, 4.69) is 31.7 Å². The first-order chi connectivity index (χ1) is 8.60. The highest BCUT2D eigenvalue weighted by Crippen LogP contribution is 2.35. The molecule has 2 rings (SSSR count). The van der Waals surface area contributed by atoms with Crippen LogP contribution in [0.1, 0.15) is 33.6 Å². The molecule has 0 aliphatic carbocycles. The van der Waals surface area contributed by atoms with Crippen molar-refractivity contribution in [2.45, 2.75) is 39.7 Å². The van der Waals surface area contributed by atoms with Gasteiger partial charge in [0.2, 0.25) is 0 Å². The van der Waals surface area contributed by atoms with Crippen molar-refractivity contribution in [2.75, 3.05) is 23.7 Å². The number of nitrogen functional groups attached to an aromatic ring is 1. The van der Waals surface area contributed by atoms with Crippen LogP contribution in [0.15, 0.2) is 18.2 Å². The Balaban J connectivity index is 2.19. The molecule has 3 nitrogen and oxygen atoms in total. The van der Waals surface area contributed by atoms with E-state index in [0.717, 1.165) is 36.9 Å². The van der Waals surface area contributed by atoms with Gasteiger partial charge in [-0.1, -0.05) is 20.8 Å². The number of nitrogens with two attached hydrogens (primary N) is 1. The number of fused-ring (bicyclic) bond motifs is 1. The topological polar surface area (TPSA) is 38.5 Å². The lowest BCUT2D eigenvalue weighted by Gasteiger charge is -2.36. The van der Waals surface area contributed by atoms with Crippen LogP contribution in [0, 0.1) is 5.92 Å². The van der Waals surface area contributed by atoms with Crippen molar-refractivity contribution >= 4 is 11.4 Å². The van der Waals surface area contributed by atoms with Gasteiger partial charge in [-0.25, -0.2) is 0 Å². The van der Waals surface area contributed by atoms with Crippen molar-refractivity contribution in [3.8, 4) is 5.75 Å². The number of rotatable bonds is 4. The molecule has 100 valence electrons. The van der Waals surface area contributed by atoms with Crippen LogP contribution < -0.4 is 15.4 Å². The quantitative estimate of drug-likeness (QED) is 0.831. The zero-order chi connectivity index (χ0) is 13.1. The fraction of sp³-hybridized carbons (Fsp3) is 0.600. The third-order valence-electron chi connectivity index (χ3n) is 3.47. The molecule has 1 aromatic carbocycles. The van der Waals surface area contributed by atoms with Crippen LogP contribution >= 0.6 is 0 Å². The van der Waals surface area contributed by atoms with Gasteiger partial charge in [0.25, 0.3) is 0 Å². The molecule has 0 fully saturated rings. The SMILES string of the molecule is CCC1CN(CCC(C)C)c2ccc(N)cc2O1. The zero-order valence-electron chi connectivity index (χ0n) is 11.6. The summed E-state index contributed by atoms with van der Waals surface area (Å²) in [6, 6.07) is 5.98. The molecule has 2 N–H and O–H groups in total. The molecule has 1 unspecified atom stereocenters. The van der Waals surface area contributed by atoms with E-state index in [1.165, 1.54) is 12.1 Å². The van der Waals surface area contributed by atoms with E-state index < -0.39 is 0 Å². The fourth-order valence-corrected chi connectivity index (χ4v) is 2.29. The Hall–Kier alpha value is -1.38. The number of benzene rings is 1. The molecule has 1 aromatic rings. The first kappa shape index (κ1) is 13.1. The minimum Gasteiger partial charge on any atom is -0.486 e. The maximum atomic E-state index is 5.98. The number of hydrogen-bond donors (Lipinski definition) is 1. The summed E-state index contributed by atoms with van der Waals surface area (Å²) in [4.78, 5) is 2.44. The Kier molecular flexibility index (Phi) is 4.00. The zero-order valence-corrected chi connectivity index (χ0v) is 11.6. The summed E-state index contributed by atoms with van der Waals surface area (Å²) in [6.07, 6.45) is 2.53. The summed E-state index contributed by atoms with van der Waals surface area (Å²) in [5.74, 6) is 1.67. The predicted molar refractivity (Wildman–Crippen MR) is 77.2 cm³/mol. The van der Waals surface area contributed by atoms with Gasteiger partial charge in [0.15, 0.2) is 0 Å². The molecule has 0 radical (unpaired) electrons. The third kappa shape index (κ3) is 2.89. The number of anilines is 2. The van der Waals surface area contributed by atoms with Gasteiger partial charge in [0, 0.05) is 18.3 Å². The molecule has 0 bridgehead atoms. The van der Waals surface area contributed by atoms with Crippen LogP contribution in [0.25, 0.3) is 0 Å². The average Bonchev–Trinajstić information content (AvgIpc) is 2.34. The van der Waals surface area contributed by atoms with Gasteiger partial charge in [-0.3, -0.25) is 0 Å². The summed E-state index contributed by atoms with van der Waals surface area (Å²) in [5, 5.41) is 0. The van der Waals surface area contributed by atoms with Crippen LogP contribution in [0.2, 0.25) is 0 Å². The van der Waals surface area contributed by atoms with Crippen molar-refractivity contribution in [2.24, 2.45) is 5.92 Å². The molecule has 0 saturated carbocycles. The molecule has 0 aromatic heterocycles. The standard InChI is InChI=1S/C15H24N2O/c1-4-13-10-17(8-7-11(2)3)14-6-5-12(16)9-15(14)18-13/h5-6,9,11,13H,4,7-8,10,16H2,1-3H3. The molecule has 0 saturated heterocycles. The first-order valence-electron chi connectivity index (χ1n) is 6.91. The number of hydrogen-bond acceptors (Lipinski definition) is 3. The summed E-state index contributed by atoms with van der Waals surface area (Å²) in [5.41, 5.74) is 7.80. The van der Waals surface area contributed by atoms with Crippen LogP contribution in [0.4, 0.5) is 11.4 Å². The molecule has 0 spiro atoms. The normalized spacial score (nSPS) is 18.7. The van der Waals surface area contributed by atoms with Gasteiger partial charge >= 0.3 is 0 Å². The monoisotopic (exact) mass is 248 g/mol. The largest absolute Gasteiger partial charge is 0.486 e. The van der Waals surface area contributed by atoms with Gasteiger partial charge in [-0.2, -0.15) is 0 Å². The summed E-state index contributed by atoms with van der Waals surface area (Å²) in [7, 11) is 0. The Morgan fingerprint density at radius 1 is 1.44 bits per heavy atom. The Labute approximate surface area is 110 Å². The molecule has 1 heterocycles. The Morgan fingerprint density at radius 2 is 2.22 bits per heavy atom. The van der Waals surface area contributed by atoms with Crippen molar-refractivity contribution < 1.29 is 4.74 Å². The van der Waals surface area contributed by atoms with Crippen LogP contribution in [0.5, 0.6) is 5.75 Å². The highest BCUT2D eigenvalue weighted by Gasteiger charge is 2.24. The van der Waals surface area contributed by atoms with Gasteiger partial charge in [-0.05, 0) is 30.9 Å². The van der Waals surface area contributed by atoms with Crippen molar-refractivity contribution in [1.82, 2.24) is 0 Å². The van der Waals surface area contributed by atoms with E-state index in [-0.39, 0.29) is 6.10 Å². The second-order valence-corrected chi connectivity index (χ2v) is 5.50. The lowest BCUT2D eigenvalue weighted by Crippen LogP contribution is -2.40. The maximum Gasteiger partial charge on any atom is 0.145 e. The van der Waals surface area contributed by atoms with E-state index in [0.29, 0.717) is 0 Å². The molecule has 0 amide bonds. The van der Waals surface area contributed by atoms with Crippen LogP contribution in [-0.4, -0.2) is 19.2 Å². The van der Waals surface area contributed by atoms with Crippen molar-refractivity contribution in [3.63, 3.8) is 0 Å². The van der Waals surface area contributed by atoms with Crippen molar-refractivity contribution in [3.05, 3.63) is 18.2 Å². The summed E-state index contributed by atoms with van der Waals surface area (Å²) < 4.78 is 5.98. The van der Waals surface area contributed by atoms with E-state index in [1.807, 2.05) is 12.1 Å². The van der Waals surface area contributed by atoms with E-state index in [9.17, 15) is 0 Å². The third-order valence-corrected chi connectivity index (χ3v) is 3.47. The van der Waals surface area contributed by atoms with Crippen LogP contribution in [0.3, 0.4) is 0 Å². The maximum absolute atomic E-state index is 5.98. The molecule has 1 aliphatic heterocycles. The highest BCUT2D eigenvalue weighted by atomic mass is 16.5. The van der Waals surface area contributed by atoms with Crippen molar-refractivity contribution in [1.29, 1.82) is 0 Å². The second-order valence-electron chi connectivity index (χ2n) is 5.50. The molecule has 1 atom stereocenters. The predicted octanol–water partition coefficient (Wildman–Crippen LogP) is 3.29. The molecule has 3 heteroatoms. The Bertz CT molecular complexity index is 403. The lowest BCUT2D eigenvalue weighted by atomic mass is 10.1. The van der Waals surface area contributed by atoms with Gasteiger partial charge in [0.05, 0.1) is 12.2 Å². The van der Waals surface area contributed by atoms with E-state index in [4.69, 9.17) is 10.5 Å². The fourth-order valence-electron chi connectivity index (χ4n) is 2.29. The summed E-state index contributed by atoms with van der Waals surface area (Å²) in [6.45, 7) is 8.78. The van der Waals surface area contributed by atoms with Gasteiger partial charge < -0.3 is 15.4 Å². The molecule has 1 aliphatic rings. The lowest BCUT2D eigenvalue weighted by molar-refractivity contribution is 0.188. The molecular weight excluding hydrogens is 224 g/mol. The highest BCUT2D eigenvalue weighted by molar-refractivity contribution is 5.65. The average molecular weight is 248 g/mol. The number of ether oxygens (including phenoxy) is 1. The Morgan fingerprint density at radius 3 is 2.89 bits per heavy atom. The molecule has 18 heavy (non-hydrogen) atoms. The van der Waals surface area contributed by atoms with Gasteiger partial charge in [-0.15, -0.1) is 0 Å². The van der Waals surface area contributed by atoms with E-state index in [1.54, 1.807) is 0 Å². The smallest absolute Gasteiger partial charge is 0.145 e. The van der Waals surface area contributed by atoms with E-state index >= 15 is 0 Å². The first-order valence-corrected chi connectivity index (χ1v) is 6.91. The van der Waals surface area contributed by atoms with Crippen LogP contribution in [-0.2, 0) is 0 Å². The molecular formula is C15H24N2O. The minimum absolute atomic E-state index is 0.284. The summed E-state index contributed by atoms with van der Waals surface area (Å²) >= 11 is 0. The second kappa shape index (κ2) is 5.51. The minimum atomic E-state index is 0.284.